The molecule has 3 N–H and O–H groups in total. The van der Waals surface area contributed by atoms with Crippen LogP contribution in [0.3, 0.4) is 0 Å². The lowest BCUT2D eigenvalue weighted by Crippen LogP contribution is -2.49. The van der Waals surface area contributed by atoms with E-state index < -0.39 is 36.5 Å². The number of carboxylic acid groups (broad SMARTS) is 1. The normalized spacial score (nSPS) is 12.6. The molecular weight excluding hydrogens is 664 g/mol. The number of hydrogen-bond acceptors (Lipinski definition) is 7. The summed E-state index contributed by atoms with van der Waals surface area (Å²) in [6.45, 7) is 7.00. The molecule has 0 fully saturated rings. The maximum Gasteiger partial charge on any atom is 0.341 e. The molecule has 0 aliphatic heterocycles. The predicted molar refractivity (Wildman–Crippen MR) is 157 cm³/mol. The zero-order chi connectivity index (χ0) is 29.1. The van der Waals surface area contributed by atoms with Gasteiger partial charge >= 0.3 is 5.97 Å². The number of benzene rings is 2. The number of carbonyl (C=O) groups excluding carboxylic acids is 2. The summed E-state index contributed by atoms with van der Waals surface area (Å²) in [5.74, 6) is -1.08. The van der Waals surface area contributed by atoms with Crippen molar-refractivity contribution >= 4 is 69.8 Å². The number of nitrogens with one attached hydrogen (secondary N) is 2. The summed E-state index contributed by atoms with van der Waals surface area (Å²) in [5.41, 5.74) is 3.04. The highest BCUT2D eigenvalue weighted by atomic mass is 127. The highest BCUT2D eigenvalue weighted by Gasteiger charge is 2.25. The van der Waals surface area contributed by atoms with E-state index in [4.69, 9.17) is 42.5 Å². The largest absolute Gasteiger partial charge is 0.490 e. The Morgan fingerprint density at radius 1 is 1.08 bits per heavy atom. The average Bonchev–Trinajstić information content (AvgIpc) is 2.84. The van der Waals surface area contributed by atoms with Gasteiger partial charge < -0.3 is 24.6 Å². The number of carboxylic acids is 1. The van der Waals surface area contributed by atoms with Crippen molar-refractivity contribution in [2.75, 3.05) is 13.2 Å². The minimum Gasteiger partial charge on any atom is -0.490 e. The van der Waals surface area contributed by atoms with E-state index >= 15 is 0 Å². The molecule has 2 rings (SSSR count). The number of ether oxygens (including phenoxy) is 3. The van der Waals surface area contributed by atoms with E-state index in [-0.39, 0.29) is 10.9 Å². The lowest BCUT2D eigenvalue weighted by molar-refractivity contribution is -0.139. The minimum absolute atomic E-state index is 0.0978. The molecule has 2 amide bonds. The SMILES string of the molecule is CCOc1cc(/C=N\NC(=O)[C@H](CC(C)C)NC(=O)[C@H](C)Oc2ccc(Cl)cc2Cl)cc(I)c1OCC(=O)O. The molecule has 0 heterocycles. The maximum atomic E-state index is 12.9. The molecule has 0 radical (unpaired) electrons. The van der Waals surface area contributed by atoms with Gasteiger partial charge in [-0.3, -0.25) is 9.59 Å². The van der Waals surface area contributed by atoms with Crippen LogP contribution in [-0.2, 0) is 14.4 Å². The fourth-order valence-corrected chi connectivity index (χ4v) is 4.49. The van der Waals surface area contributed by atoms with Crippen molar-refractivity contribution in [1.82, 2.24) is 10.7 Å². The van der Waals surface area contributed by atoms with Crippen molar-refractivity contribution in [3.05, 3.63) is 49.5 Å². The Morgan fingerprint density at radius 2 is 1.79 bits per heavy atom. The number of hydrogen-bond donors (Lipinski definition) is 3. The molecule has 0 saturated carbocycles. The van der Waals surface area contributed by atoms with Gasteiger partial charge in [-0.25, -0.2) is 10.2 Å². The standard InChI is InChI=1S/C26H30Cl2IN3O7/c1-5-37-22-10-16(9-19(29)24(22)38-13-23(33)34)12-30-32-26(36)20(8-14(2)3)31-25(35)15(4)39-21-7-6-17(27)11-18(21)28/h6-7,9-12,14-15,20H,5,8,13H2,1-4H3,(H,31,35)(H,32,36)(H,33,34)/b30-12-/t15-,20-/m0/s1. The molecular formula is C26H30Cl2IN3O7. The fourth-order valence-electron chi connectivity index (χ4n) is 3.25. The number of halogens is 3. The first-order valence-electron chi connectivity index (χ1n) is 12.0. The van der Waals surface area contributed by atoms with E-state index in [9.17, 15) is 14.4 Å². The van der Waals surface area contributed by atoms with Crippen LogP contribution >= 0.6 is 45.8 Å². The van der Waals surface area contributed by atoms with Crippen LogP contribution in [-0.4, -0.2) is 54.5 Å². The quantitative estimate of drug-likeness (QED) is 0.145. The molecule has 0 bridgehead atoms. The Morgan fingerprint density at radius 3 is 2.41 bits per heavy atom. The topological polar surface area (TPSA) is 136 Å². The lowest BCUT2D eigenvalue weighted by Gasteiger charge is -2.22. The van der Waals surface area contributed by atoms with Crippen LogP contribution in [0.25, 0.3) is 0 Å². The van der Waals surface area contributed by atoms with Crippen molar-refractivity contribution < 1.29 is 33.7 Å². The molecule has 0 saturated heterocycles. The molecule has 2 aromatic rings. The second kappa shape index (κ2) is 15.7. The molecule has 0 aliphatic rings. The van der Waals surface area contributed by atoms with Gasteiger partial charge in [0.25, 0.3) is 11.8 Å². The van der Waals surface area contributed by atoms with Gasteiger partial charge in [0.2, 0.25) is 0 Å². The molecule has 2 atom stereocenters. The first kappa shape index (κ1) is 32.4. The Labute approximate surface area is 250 Å². The van der Waals surface area contributed by atoms with Crippen molar-refractivity contribution in [2.45, 2.75) is 46.3 Å². The Kier molecular flexibility index (Phi) is 13.1. The summed E-state index contributed by atoms with van der Waals surface area (Å²) in [4.78, 5) is 36.6. The van der Waals surface area contributed by atoms with Gasteiger partial charge in [-0.15, -0.1) is 0 Å². The van der Waals surface area contributed by atoms with Gasteiger partial charge in [0.1, 0.15) is 11.8 Å². The zero-order valence-corrected chi connectivity index (χ0v) is 25.5. The number of hydrazone groups is 1. The molecule has 212 valence electrons. The monoisotopic (exact) mass is 693 g/mol. The molecule has 13 heteroatoms. The smallest absolute Gasteiger partial charge is 0.341 e. The van der Waals surface area contributed by atoms with Gasteiger partial charge in [-0.1, -0.05) is 37.0 Å². The summed E-state index contributed by atoms with van der Waals surface area (Å²) >= 11 is 14.0. The first-order valence-corrected chi connectivity index (χ1v) is 13.8. The third-order valence-corrected chi connectivity index (χ3v) is 6.30. The predicted octanol–water partition coefficient (Wildman–Crippen LogP) is 4.91. The maximum absolute atomic E-state index is 12.9. The lowest BCUT2D eigenvalue weighted by atomic mass is 10.0. The van der Waals surface area contributed by atoms with E-state index in [2.05, 4.69) is 15.8 Å². The molecule has 0 aromatic heterocycles. The van der Waals surface area contributed by atoms with E-state index in [0.717, 1.165) is 0 Å². The van der Waals surface area contributed by atoms with Crippen LogP contribution in [0, 0.1) is 9.49 Å². The molecule has 0 unspecified atom stereocenters. The summed E-state index contributed by atoms with van der Waals surface area (Å²) in [6.07, 6.45) is 0.839. The molecule has 0 aliphatic carbocycles. The Balaban J connectivity index is 2.09. The highest BCUT2D eigenvalue weighted by molar-refractivity contribution is 14.1. The molecule has 39 heavy (non-hydrogen) atoms. The number of carbonyl (C=O) groups is 3. The third kappa shape index (κ3) is 10.7. The van der Waals surface area contributed by atoms with Crippen molar-refractivity contribution in [2.24, 2.45) is 11.0 Å². The van der Waals surface area contributed by atoms with Crippen LogP contribution in [0.5, 0.6) is 17.2 Å². The van der Waals surface area contributed by atoms with Crippen molar-refractivity contribution in [3.8, 4) is 17.2 Å². The fraction of sp³-hybridized carbons (Fsp3) is 0.385. The van der Waals surface area contributed by atoms with Gasteiger partial charge in [0.05, 0.1) is 21.4 Å². The summed E-state index contributed by atoms with van der Waals surface area (Å²) in [5, 5.41) is 16.3. The minimum atomic E-state index is -1.11. The second-order valence-electron chi connectivity index (χ2n) is 8.71. The molecule has 2 aromatic carbocycles. The third-order valence-electron chi connectivity index (χ3n) is 4.97. The average molecular weight is 694 g/mol. The Bertz CT molecular complexity index is 1210. The van der Waals surface area contributed by atoms with E-state index in [1.165, 1.54) is 12.3 Å². The highest BCUT2D eigenvalue weighted by Crippen LogP contribution is 2.34. The van der Waals surface area contributed by atoms with Crippen molar-refractivity contribution in [3.63, 3.8) is 0 Å². The summed E-state index contributed by atoms with van der Waals surface area (Å²) in [7, 11) is 0. The van der Waals surface area contributed by atoms with E-state index in [0.29, 0.717) is 44.4 Å². The van der Waals surface area contributed by atoms with Crippen LogP contribution in [0.4, 0.5) is 0 Å². The second-order valence-corrected chi connectivity index (χ2v) is 10.7. The molecule has 10 nitrogen and oxygen atoms in total. The number of amides is 2. The van der Waals surface area contributed by atoms with Gasteiger partial charge in [0.15, 0.2) is 24.2 Å². The number of rotatable bonds is 14. The first-order chi connectivity index (χ1) is 18.4. The van der Waals surface area contributed by atoms with Crippen molar-refractivity contribution in [1.29, 1.82) is 0 Å². The van der Waals surface area contributed by atoms with E-state index in [1.54, 1.807) is 38.1 Å². The number of nitrogens with zero attached hydrogens (tertiary/aromatic N) is 1. The van der Waals surface area contributed by atoms with Gasteiger partial charge in [-0.05, 0) is 84.7 Å². The van der Waals surface area contributed by atoms with E-state index in [1.807, 2.05) is 36.4 Å². The number of aliphatic carboxylic acids is 1. The summed E-state index contributed by atoms with van der Waals surface area (Å²) < 4.78 is 17.2. The van der Waals surface area contributed by atoms with Crippen LogP contribution < -0.4 is 25.0 Å². The zero-order valence-electron chi connectivity index (χ0n) is 21.8. The Hall–Kier alpha value is -2.77. The summed E-state index contributed by atoms with van der Waals surface area (Å²) in [6, 6.07) is 7.11. The van der Waals surface area contributed by atoms with Gasteiger partial charge in [0, 0.05) is 5.02 Å². The van der Waals surface area contributed by atoms with Gasteiger partial charge in [-0.2, -0.15) is 5.10 Å². The van der Waals surface area contributed by atoms with Crippen LogP contribution in [0.1, 0.15) is 39.7 Å². The van der Waals surface area contributed by atoms with Crippen LogP contribution in [0.2, 0.25) is 10.0 Å². The molecule has 0 spiro atoms. The van der Waals surface area contributed by atoms with Crippen LogP contribution in [0.15, 0.2) is 35.4 Å².